The van der Waals surface area contributed by atoms with Crippen LogP contribution in [0.4, 0.5) is 0 Å². The molecule has 1 aromatic carbocycles. The van der Waals surface area contributed by atoms with Crippen molar-refractivity contribution in [2.24, 2.45) is 5.73 Å². The second-order valence-electron chi connectivity index (χ2n) is 3.01. The van der Waals surface area contributed by atoms with Crippen LogP contribution in [0.3, 0.4) is 0 Å². The molecule has 5 heteroatoms. The highest BCUT2D eigenvalue weighted by atomic mass is 32.1. The molecule has 0 aliphatic rings. The van der Waals surface area contributed by atoms with Gasteiger partial charge in [-0.25, -0.2) is 4.79 Å². The molecule has 1 heterocycles. The highest BCUT2D eigenvalue weighted by Crippen LogP contribution is 2.05. The summed E-state index contributed by atoms with van der Waals surface area (Å²) in [5.74, 6) is -1.23. The van der Waals surface area contributed by atoms with Crippen molar-refractivity contribution < 1.29 is 14.7 Å². The normalized spacial score (nSPS) is 8.94. The summed E-state index contributed by atoms with van der Waals surface area (Å²) in [6.45, 7) is 0. The van der Waals surface area contributed by atoms with Crippen LogP contribution in [-0.2, 0) is 0 Å². The van der Waals surface area contributed by atoms with E-state index in [1.165, 1.54) is 11.3 Å². The van der Waals surface area contributed by atoms with Gasteiger partial charge in [0.1, 0.15) is 0 Å². The van der Waals surface area contributed by atoms with Crippen LogP contribution in [0.25, 0.3) is 0 Å². The predicted octanol–water partition coefficient (Wildman–Crippen LogP) is 2.23. The Hall–Kier alpha value is -2.14. The number of hydrogen-bond donors (Lipinski definition) is 2. The predicted molar refractivity (Wildman–Crippen MR) is 66.2 cm³/mol. The Balaban J connectivity index is 0.000000171. The quantitative estimate of drug-likeness (QED) is 0.856. The topological polar surface area (TPSA) is 80.4 Å². The van der Waals surface area contributed by atoms with Crippen LogP contribution in [0, 0.1) is 0 Å². The molecule has 0 fully saturated rings. The van der Waals surface area contributed by atoms with E-state index in [2.05, 4.69) is 0 Å². The maximum Gasteiger partial charge on any atom is 0.335 e. The van der Waals surface area contributed by atoms with Gasteiger partial charge in [-0.15, -0.1) is 11.3 Å². The van der Waals surface area contributed by atoms with Crippen molar-refractivity contribution in [2.45, 2.75) is 0 Å². The lowest BCUT2D eigenvalue weighted by atomic mass is 10.2. The molecule has 0 unspecified atom stereocenters. The summed E-state index contributed by atoms with van der Waals surface area (Å²) in [6.07, 6.45) is 0. The minimum Gasteiger partial charge on any atom is -0.478 e. The number of aromatic carboxylic acids is 1. The van der Waals surface area contributed by atoms with E-state index < -0.39 is 5.97 Å². The monoisotopic (exact) mass is 249 g/mol. The van der Waals surface area contributed by atoms with E-state index >= 15 is 0 Å². The molecule has 4 nitrogen and oxygen atoms in total. The molecule has 0 spiro atoms. The molecular formula is C12H11NO3S. The van der Waals surface area contributed by atoms with Gasteiger partial charge < -0.3 is 10.8 Å². The van der Waals surface area contributed by atoms with Gasteiger partial charge in [0.2, 0.25) is 0 Å². The average molecular weight is 249 g/mol. The Bertz CT molecular complexity index is 480. The summed E-state index contributed by atoms with van der Waals surface area (Å²) in [5, 5.41) is 10.2. The van der Waals surface area contributed by atoms with Crippen molar-refractivity contribution in [1.29, 1.82) is 0 Å². The zero-order chi connectivity index (χ0) is 12.7. The van der Waals surface area contributed by atoms with Gasteiger partial charge in [0.05, 0.1) is 10.4 Å². The Morgan fingerprint density at radius 2 is 1.71 bits per heavy atom. The number of thiophene rings is 1. The maximum atomic E-state index is 10.3. The highest BCUT2D eigenvalue weighted by molar-refractivity contribution is 7.12. The first-order valence-corrected chi connectivity index (χ1v) is 5.61. The summed E-state index contributed by atoms with van der Waals surface area (Å²) in [5.41, 5.74) is 5.26. The molecule has 0 aliphatic carbocycles. The van der Waals surface area contributed by atoms with Gasteiger partial charge >= 0.3 is 5.97 Å². The molecule has 2 rings (SSSR count). The lowest BCUT2D eigenvalue weighted by molar-refractivity contribution is 0.0696. The van der Waals surface area contributed by atoms with Crippen LogP contribution in [-0.4, -0.2) is 17.0 Å². The molecule has 1 aromatic heterocycles. The molecule has 0 bridgehead atoms. The van der Waals surface area contributed by atoms with Gasteiger partial charge in [-0.05, 0) is 23.6 Å². The summed E-state index contributed by atoms with van der Waals surface area (Å²) >= 11 is 1.36. The van der Waals surface area contributed by atoms with E-state index in [-0.39, 0.29) is 5.91 Å². The largest absolute Gasteiger partial charge is 0.478 e. The molecule has 17 heavy (non-hydrogen) atoms. The van der Waals surface area contributed by atoms with Gasteiger partial charge in [-0.2, -0.15) is 0 Å². The van der Waals surface area contributed by atoms with Crippen molar-refractivity contribution in [3.05, 3.63) is 58.3 Å². The highest BCUT2D eigenvalue weighted by Gasteiger charge is 1.97. The zero-order valence-electron chi connectivity index (χ0n) is 8.87. The van der Waals surface area contributed by atoms with E-state index in [4.69, 9.17) is 10.8 Å². The Morgan fingerprint density at radius 1 is 1.06 bits per heavy atom. The first-order valence-electron chi connectivity index (χ1n) is 4.73. The lowest BCUT2D eigenvalue weighted by Crippen LogP contribution is -2.07. The third-order valence-corrected chi connectivity index (χ3v) is 2.67. The molecule has 88 valence electrons. The van der Waals surface area contributed by atoms with Crippen molar-refractivity contribution >= 4 is 23.2 Å². The lowest BCUT2D eigenvalue weighted by Gasteiger charge is -1.88. The van der Waals surface area contributed by atoms with Crippen molar-refractivity contribution in [3.8, 4) is 0 Å². The number of amides is 1. The van der Waals surface area contributed by atoms with Crippen LogP contribution in [0.15, 0.2) is 47.8 Å². The molecule has 1 amide bonds. The third-order valence-electron chi connectivity index (χ3n) is 1.78. The van der Waals surface area contributed by atoms with Crippen molar-refractivity contribution in [3.63, 3.8) is 0 Å². The SMILES string of the molecule is NC(=O)c1cccs1.O=C(O)c1ccccc1. The van der Waals surface area contributed by atoms with E-state index in [9.17, 15) is 9.59 Å². The van der Waals surface area contributed by atoms with Gasteiger partial charge in [-0.1, -0.05) is 24.3 Å². The molecule has 0 saturated carbocycles. The zero-order valence-corrected chi connectivity index (χ0v) is 9.68. The van der Waals surface area contributed by atoms with Crippen molar-refractivity contribution in [1.82, 2.24) is 0 Å². The third kappa shape index (κ3) is 4.48. The van der Waals surface area contributed by atoms with Crippen LogP contribution >= 0.6 is 11.3 Å². The summed E-state index contributed by atoms with van der Waals surface area (Å²) in [7, 11) is 0. The number of carboxylic acid groups (broad SMARTS) is 1. The molecule has 0 radical (unpaired) electrons. The fourth-order valence-electron chi connectivity index (χ4n) is 0.999. The van der Waals surface area contributed by atoms with Gasteiger partial charge in [-0.3, -0.25) is 4.79 Å². The second-order valence-corrected chi connectivity index (χ2v) is 3.96. The van der Waals surface area contributed by atoms with Crippen LogP contribution in [0.2, 0.25) is 0 Å². The molecular weight excluding hydrogens is 238 g/mol. The first kappa shape index (κ1) is 12.9. The molecule has 3 N–H and O–H groups in total. The molecule has 2 aromatic rings. The Labute approximate surface area is 102 Å². The van der Waals surface area contributed by atoms with E-state index in [1.54, 1.807) is 42.5 Å². The van der Waals surface area contributed by atoms with Gasteiger partial charge in [0.15, 0.2) is 0 Å². The maximum absolute atomic E-state index is 10.3. The van der Waals surface area contributed by atoms with E-state index in [0.29, 0.717) is 10.4 Å². The first-order chi connectivity index (χ1) is 8.11. The minimum absolute atomic E-state index is 0.331. The van der Waals surface area contributed by atoms with Crippen molar-refractivity contribution in [2.75, 3.05) is 0 Å². The summed E-state index contributed by atoms with van der Waals surface area (Å²) < 4.78 is 0. The fourth-order valence-corrected chi connectivity index (χ4v) is 1.58. The second kappa shape index (κ2) is 6.44. The molecule has 0 atom stereocenters. The summed E-state index contributed by atoms with van der Waals surface area (Å²) in [6, 6.07) is 11.8. The number of carbonyl (C=O) groups is 2. The number of carbonyl (C=O) groups excluding carboxylic acids is 1. The van der Waals surface area contributed by atoms with Gasteiger partial charge in [0, 0.05) is 0 Å². The smallest absolute Gasteiger partial charge is 0.335 e. The number of rotatable bonds is 2. The molecule has 0 aliphatic heterocycles. The number of nitrogens with two attached hydrogens (primary N) is 1. The Kier molecular flexibility index (Phi) is 4.90. The molecule has 0 saturated heterocycles. The summed E-state index contributed by atoms with van der Waals surface area (Å²) in [4.78, 5) is 21.1. The fraction of sp³-hybridized carbons (Fsp3) is 0. The minimum atomic E-state index is -0.879. The number of benzene rings is 1. The standard InChI is InChI=1S/C7H6O2.C5H5NOS/c8-7(9)6-4-2-1-3-5-6;6-5(7)4-2-1-3-8-4/h1-5H,(H,8,9);1-3H,(H2,6,7). The number of carboxylic acids is 1. The number of primary amides is 1. The van der Waals surface area contributed by atoms with E-state index in [1.807, 2.05) is 5.38 Å². The Morgan fingerprint density at radius 3 is 2.00 bits per heavy atom. The van der Waals surface area contributed by atoms with Crippen LogP contribution in [0.1, 0.15) is 20.0 Å². The number of hydrogen-bond acceptors (Lipinski definition) is 3. The van der Waals surface area contributed by atoms with E-state index in [0.717, 1.165) is 0 Å². The average Bonchev–Trinajstić information content (AvgIpc) is 2.84. The van der Waals surface area contributed by atoms with Crippen LogP contribution < -0.4 is 5.73 Å². The van der Waals surface area contributed by atoms with Crippen LogP contribution in [0.5, 0.6) is 0 Å². The van der Waals surface area contributed by atoms with Gasteiger partial charge in [0.25, 0.3) is 5.91 Å².